The zero-order valence-electron chi connectivity index (χ0n) is 16.7. The van der Waals surface area contributed by atoms with Gasteiger partial charge in [0, 0.05) is 6.54 Å². The van der Waals surface area contributed by atoms with Crippen LogP contribution in [0.4, 0.5) is 11.5 Å². The number of nitrogens with one attached hydrogen (secondary N) is 2. The van der Waals surface area contributed by atoms with Gasteiger partial charge >= 0.3 is 0 Å². The van der Waals surface area contributed by atoms with E-state index in [0.29, 0.717) is 18.1 Å². The number of aryl methyl sites for hydroxylation is 1. The second-order valence-corrected chi connectivity index (χ2v) is 6.47. The summed E-state index contributed by atoms with van der Waals surface area (Å²) in [7, 11) is 3.25. The predicted molar refractivity (Wildman–Crippen MR) is 112 cm³/mol. The lowest BCUT2D eigenvalue weighted by Gasteiger charge is -2.11. The average molecular weight is 392 g/mol. The van der Waals surface area contributed by atoms with E-state index in [0.717, 1.165) is 29.0 Å². The standard InChI is InChI=1S/C22H24N4O3/c1-15-4-9-20(29-3)18(12-15)26-21-14-24-19(13-25-21)22(27)23-11-10-16-5-7-17(28-2)8-6-16/h4-9,12-14H,10-11H2,1-3H3,(H,23,27)(H,25,26). The van der Waals surface area contributed by atoms with E-state index in [1.54, 1.807) is 14.2 Å². The highest BCUT2D eigenvalue weighted by molar-refractivity contribution is 5.92. The quantitative estimate of drug-likeness (QED) is 0.610. The fourth-order valence-electron chi connectivity index (χ4n) is 2.77. The Hall–Kier alpha value is -3.61. The number of nitrogens with zero attached hydrogens (tertiary/aromatic N) is 2. The van der Waals surface area contributed by atoms with E-state index in [4.69, 9.17) is 9.47 Å². The van der Waals surface area contributed by atoms with Crippen LogP contribution < -0.4 is 20.1 Å². The largest absolute Gasteiger partial charge is 0.497 e. The molecule has 0 unspecified atom stereocenters. The molecule has 2 N–H and O–H groups in total. The number of hydrogen-bond acceptors (Lipinski definition) is 6. The fourth-order valence-corrected chi connectivity index (χ4v) is 2.77. The van der Waals surface area contributed by atoms with Crippen LogP contribution in [0.2, 0.25) is 0 Å². The highest BCUT2D eigenvalue weighted by Crippen LogP contribution is 2.27. The van der Waals surface area contributed by atoms with E-state index in [2.05, 4.69) is 20.6 Å². The van der Waals surface area contributed by atoms with E-state index in [-0.39, 0.29) is 11.6 Å². The molecule has 0 aliphatic rings. The minimum absolute atomic E-state index is 0.259. The van der Waals surface area contributed by atoms with Gasteiger partial charge < -0.3 is 20.1 Å². The van der Waals surface area contributed by atoms with Crippen LogP contribution in [0, 0.1) is 6.92 Å². The van der Waals surface area contributed by atoms with Gasteiger partial charge in [0.15, 0.2) is 0 Å². The van der Waals surface area contributed by atoms with Gasteiger partial charge in [-0.3, -0.25) is 4.79 Å². The van der Waals surface area contributed by atoms with E-state index in [1.165, 1.54) is 12.4 Å². The Labute approximate surface area is 170 Å². The first-order chi connectivity index (χ1) is 14.1. The summed E-state index contributed by atoms with van der Waals surface area (Å²) in [5.41, 5.74) is 3.26. The maximum atomic E-state index is 12.3. The molecule has 0 saturated carbocycles. The highest BCUT2D eigenvalue weighted by Gasteiger charge is 2.09. The third-order valence-corrected chi connectivity index (χ3v) is 4.36. The molecule has 2 aromatic carbocycles. The summed E-state index contributed by atoms with van der Waals surface area (Å²) in [6, 6.07) is 13.6. The van der Waals surface area contributed by atoms with Gasteiger partial charge in [-0.05, 0) is 48.7 Å². The smallest absolute Gasteiger partial charge is 0.271 e. The summed E-state index contributed by atoms with van der Waals surface area (Å²) in [5, 5.41) is 6.02. The molecule has 29 heavy (non-hydrogen) atoms. The molecule has 3 aromatic rings. The number of methoxy groups -OCH3 is 2. The Bertz CT molecular complexity index is 957. The third kappa shape index (κ3) is 5.44. The Morgan fingerprint density at radius 1 is 1.00 bits per heavy atom. The summed E-state index contributed by atoms with van der Waals surface area (Å²) >= 11 is 0. The molecule has 0 radical (unpaired) electrons. The minimum atomic E-state index is -0.259. The normalized spacial score (nSPS) is 10.3. The van der Waals surface area contributed by atoms with Gasteiger partial charge in [-0.1, -0.05) is 18.2 Å². The Morgan fingerprint density at radius 2 is 1.79 bits per heavy atom. The summed E-state index contributed by atoms with van der Waals surface area (Å²) in [5.74, 6) is 1.79. The van der Waals surface area contributed by atoms with Crippen molar-refractivity contribution < 1.29 is 14.3 Å². The van der Waals surface area contributed by atoms with Crippen molar-refractivity contribution in [2.75, 3.05) is 26.1 Å². The average Bonchev–Trinajstić information content (AvgIpc) is 2.75. The molecule has 0 bridgehead atoms. The maximum absolute atomic E-state index is 12.3. The summed E-state index contributed by atoms with van der Waals surface area (Å²) in [6.07, 6.45) is 3.70. The van der Waals surface area contributed by atoms with Gasteiger partial charge in [-0.2, -0.15) is 0 Å². The van der Waals surface area contributed by atoms with Crippen molar-refractivity contribution in [3.8, 4) is 11.5 Å². The van der Waals surface area contributed by atoms with E-state index in [1.807, 2.05) is 49.4 Å². The zero-order valence-corrected chi connectivity index (χ0v) is 16.7. The van der Waals surface area contributed by atoms with Crippen molar-refractivity contribution in [2.45, 2.75) is 13.3 Å². The van der Waals surface area contributed by atoms with E-state index < -0.39 is 0 Å². The number of benzene rings is 2. The number of amides is 1. The molecule has 1 aromatic heterocycles. The molecule has 150 valence electrons. The van der Waals surface area contributed by atoms with Gasteiger partial charge in [0.1, 0.15) is 23.0 Å². The van der Waals surface area contributed by atoms with Crippen LogP contribution in [-0.4, -0.2) is 36.6 Å². The van der Waals surface area contributed by atoms with Crippen molar-refractivity contribution in [1.82, 2.24) is 15.3 Å². The fraction of sp³-hybridized carbons (Fsp3) is 0.227. The lowest BCUT2D eigenvalue weighted by atomic mass is 10.1. The van der Waals surface area contributed by atoms with Crippen molar-refractivity contribution in [3.63, 3.8) is 0 Å². The van der Waals surface area contributed by atoms with Crippen molar-refractivity contribution >= 4 is 17.4 Å². The minimum Gasteiger partial charge on any atom is -0.497 e. The maximum Gasteiger partial charge on any atom is 0.271 e. The molecule has 0 fully saturated rings. The number of ether oxygens (including phenoxy) is 2. The molecule has 3 rings (SSSR count). The molecular weight excluding hydrogens is 368 g/mol. The van der Waals surface area contributed by atoms with Gasteiger partial charge in [0.25, 0.3) is 5.91 Å². The zero-order chi connectivity index (χ0) is 20.6. The number of carbonyl (C=O) groups excluding carboxylic acids is 1. The van der Waals surface area contributed by atoms with Crippen LogP contribution in [-0.2, 0) is 6.42 Å². The van der Waals surface area contributed by atoms with Crippen LogP contribution in [0.25, 0.3) is 0 Å². The monoisotopic (exact) mass is 392 g/mol. The second-order valence-electron chi connectivity index (χ2n) is 6.47. The number of hydrogen-bond donors (Lipinski definition) is 2. The first kappa shape index (κ1) is 20.1. The molecule has 7 heteroatoms. The van der Waals surface area contributed by atoms with Crippen LogP contribution in [0.15, 0.2) is 54.9 Å². The Morgan fingerprint density at radius 3 is 2.45 bits per heavy atom. The first-order valence-corrected chi connectivity index (χ1v) is 9.24. The molecule has 0 aliphatic heterocycles. The third-order valence-electron chi connectivity index (χ3n) is 4.36. The van der Waals surface area contributed by atoms with E-state index in [9.17, 15) is 4.79 Å². The number of rotatable bonds is 8. The molecule has 1 heterocycles. The SMILES string of the molecule is COc1ccc(CCNC(=O)c2cnc(Nc3cc(C)ccc3OC)cn2)cc1. The van der Waals surface area contributed by atoms with Crippen molar-refractivity contribution in [3.05, 3.63) is 71.7 Å². The van der Waals surface area contributed by atoms with Crippen molar-refractivity contribution in [1.29, 1.82) is 0 Å². The Kier molecular flexibility index (Phi) is 6.63. The molecule has 0 aliphatic carbocycles. The molecule has 1 amide bonds. The topological polar surface area (TPSA) is 85.4 Å². The van der Waals surface area contributed by atoms with Gasteiger partial charge in [0.2, 0.25) is 0 Å². The van der Waals surface area contributed by atoms with Gasteiger partial charge in [0.05, 0.1) is 32.3 Å². The van der Waals surface area contributed by atoms with Crippen molar-refractivity contribution in [2.24, 2.45) is 0 Å². The second kappa shape index (κ2) is 9.54. The predicted octanol–water partition coefficient (Wildman–Crippen LogP) is 3.52. The number of carbonyl (C=O) groups is 1. The molecule has 0 spiro atoms. The van der Waals surface area contributed by atoms with Gasteiger partial charge in [-0.15, -0.1) is 0 Å². The Balaban J connectivity index is 1.55. The summed E-state index contributed by atoms with van der Waals surface area (Å²) in [6.45, 7) is 2.50. The summed E-state index contributed by atoms with van der Waals surface area (Å²) in [4.78, 5) is 20.8. The number of aromatic nitrogens is 2. The first-order valence-electron chi connectivity index (χ1n) is 9.24. The molecular formula is C22H24N4O3. The van der Waals surface area contributed by atoms with Crippen LogP contribution >= 0.6 is 0 Å². The van der Waals surface area contributed by atoms with E-state index >= 15 is 0 Å². The van der Waals surface area contributed by atoms with Crippen LogP contribution in [0.1, 0.15) is 21.6 Å². The van der Waals surface area contributed by atoms with Crippen LogP contribution in [0.3, 0.4) is 0 Å². The van der Waals surface area contributed by atoms with Crippen LogP contribution in [0.5, 0.6) is 11.5 Å². The lowest BCUT2D eigenvalue weighted by molar-refractivity contribution is 0.0949. The summed E-state index contributed by atoms with van der Waals surface area (Å²) < 4.78 is 10.5. The number of anilines is 2. The molecule has 0 saturated heterocycles. The highest BCUT2D eigenvalue weighted by atomic mass is 16.5. The lowest BCUT2D eigenvalue weighted by Crippen LogP contribution is -2.26. The van der Waals surface area contributed by atoms with Gasteiger partial charge in [-0.25, -0.2) is 9.97 Å². The molecule has 0 atom stereocenters. The molecule has 7 nitrogen and oxygen atoms in total.